The number of fused-ring (bicyclic) bond motifs is 1. The predicted molar refractivity (Wildman–Crippen MR) is 102 cm³/mol. The van der Waals surface area contributed by atoms with E-state index in [2.05, 4.69) is 24.1 Å². The molecule has 1 aromatic rings. The zero-order valence-corrected chi connectivity index (χ0v) is 16.0. The Balaban J connectivity index is 1.53. The third kappa shape index (κ3) is 4.24. The molecule has 2 amide bonds. The van der Waals surface area contributed by atoms with Crippen LogP contribution < -0.4 is 10.2 Å². The number of benzene rings is 1. The number of morpholine rings is 1. The molecule has 2 atom stereocenters. The Bertz CT molecular complexity index is 666. The van der Waals surface area contributed by atoms with Crippen molar-refractivity contribution in [3.63, 3.8) is 0 Å². The molecule has 1 aromatic carbocycles. The average Bonchev–Trinajstić information content (AvgIpc) is 3.03. The van der Waals surface area contributed by atoms with Gasteiger partial charge in [-0.3, -0.25) is 14.5 Å². The Morgan fingerprint density at radius 2 is 1.96 bits per heavy atom. The molecule has 0 aliphatic carbocycles. The highest BCUT2D eigenvalue weighted by Gasteiger charge is 2.25. The summed E-state index contributed by atoms with van der Waals surface area (Å²) in [6, 6.07) is 5.64. The molecule has 0 bridgehead atoms. The highest BCUT2D eigenvalue weighted by atomic mass is 16.5. The number of amides is 2. The smallest absolute Gasteiger partial charge is 0.251 e. The van der Waals surface area contributed by atoms with Gasteiger partial charge in [-0.15, -0.1) is 0 Å². The van der Waals surface area contributed by atoms with Gasteiger partial charge in [0, 0.05) is 50.4 Å². The van der Waals surface area contributed by atoms with E-state index in [9.17, 15) is 9.59 Å². The lowest BCUT2D eigenvalue weighted by Crippen LogP contribution is -2.47. The molecular weight excluding hydrogens is 330 g/mol. The second-order valence-corrected chi connectivity index (χ2v) is 7.27. The molecule has 1 N–H and O–H groups in total. The number of ether oxygens (including phenoxy) is 1. The first-order chi connectivity index (χ1) is 12.5. The first-order valence-electron chi connectivity index (χ1n) is 9.57. The Hall–Kier alpha value is -1.92. The summed E-state index contributed by atoms with van der Waals surface area (Å²) in [4.78, 5) is 28.6. The van der Waals surface area contributed by atoms with Gasteiger partial charge in [-0.05, 0) is 44.0 Å². The lowest BCUT2D eigenvalue weighted by molar-refractivity contribution is -0.118. The number of hydrogen-bond acceptors (Lipinski definition) is 4. The van der Waals surface area contributed by atoms with Crippen molar-refractivity contribution in [1.29, 1.82) is 0 Å². The topological polar surface area (TPSA) is 61.9 Å². The van der Waals surface area contributed by atoms with E-state index in [-0.39, 0.29) is 24.0 Å². The van der Waals surface area contributed by atoms with Crippen LogP contribution in [0, 0.1) is 0 Å². The molecule has 26 heavy (non-hydrogen) atoms. The third-order valence-corrected chi connectivity index (χ3v) is 5.05. The highest BCUT2D eigenvalue weighted by Crippen LogP contribution is 2.29. The van der Waals surface area contributed by atoms with Gasteiger partial charge in [0.25, 0.3) is 5.91 Å². The Labute approximate surface area is 155 Å². The summed E-state index contributed by atoms with van der Waals surface area (Å²) in [5, 5.41) is 3.01. The van der Waals surface area contributed by atoms with Crippen molar-refractivity contribution in [2.45, 2.75) is 45.8 Å². The van der Waals surface area contributed by atoms with Gasteiger partial charge < -0.3 is 15.0 Å². The van der Waals surface area contributed by atoms with Crippen LogP contribution in [0.5, 0.6) is 0 Å². The van der Waals surface area contributed by atoms with E-state index >= 15 is 0 Å². The molecule has 1 saturated heterocycles. The first kappa shape index (κ1) is 18.9. The molecule has 0 radical (unpaired) electrons. The van der Waals surface area contributed by atoms with Crippen molar-refractivity contribution < 1.29 is 14.3 Å². The van der Waals surface area contributed by atoms with Gasteiger partial charge in [0.05, 0.1) is 12.2 Å². The standard InChI is InChI=1S/C20H29N3O3/c1-4-19(24)23-9-7-16-11-17(5-6-18(16)23)20(25)21-8-10-22-12-14(2)26-15(3)13-22/h5-6,11,14-15H,4,7-10,12-13H2,1-3H3,(H,21,25). The predicted octanol–water partition coefficient (Wildman–Crippen LogP) is 1.82. The maximum Gasteiger partial charge on any atom is 0.251 e. The van der Waals surface area contributed by atoms with Gasteiger partial charge in [-0.2, -0.15) is 0 Å². The van der Waals surface area contributed by atoms with Crippen LogP contribution in [0.2, 0.25) is 0 Å². The number of rotatable bonds is 5. The minimum absolute atomic E-state index is 0.0533. The summed E-state index contributed by atoms with van der Waals surface area (Å²) >= 11 is 0. The van der Waals surface area contributed by atoms with Crippen LogP contribution in [0.1, 0.15) is 43.1 Å². The van der Waals surface area contributed by atoms with Crippen molar-refractivity contribution >= 4 is 17.5 Å². The fraction of sp³-hybridized carbons (Fsp3) is 0.600. The lowest BCUT2D eigenvalue weighted by Gasteiger charge is -2.35. The van der Waals surface area contributed by atoms with Crippen molar-refractivity contribution in [2.75, 3.05) is 37.6 Å². The molecule has 6 nitrogen and oxygen atoms in total. The zero-order chi connectivity index (χ0) is 18.7. The Kier molecular flexibility index (Phi) is 5.94. The lowest BCUT2D eigenvalue weighted by atomic mass is 10.1. The van der Waals surface area contributed by atoms with E-state index in [0.29, 0.717) is 25.1 Å². The van der Waals surface area contributed by atoms with Crippen molar-refractivity contribution in [3.05, 3.63) is 29.3 Å². The highest BCUT2D eigenvalue weighted by molar-refractivity contribution is 5.98. The van der Waals surface area contributed by atoms with Crippen molar-refractivity contribution in [3.8, 4) is 0 Å². The summed E-state index contributed by atoms with van der Waals surface area (Å²) in [7, 11) is 0. The van der Waals surface area contributed by atoms with Crippen LogP contribution in [-0.4, -0.2) is 61.6 Å². The number of hydrogen-bond donors (Lipinski definition) is 1. The zero-order valence-electron chi connectivity index (χ0n) is 16.0. The molecule has 0 aromatic heterocycles. The van der Waals surface area contributed by atoms with E-state index in [1.165, 1.54) is 0 Å². The molecule has 2 unspecified atom stereocenters. The Morgan fingerprint density at radius 1 is 1.23 bits per heavy atom. The molecule has 0 saturated carbocycles. The summed E-state index contributed by atoms with van der Waals surface area (Å²) < 4.78 is 5.73. The molecule has 1 fully saturated rings. The van der Waals surface area contributed by atoms with Gasteiger partial charge in [-0.25, -0.2) is 0 Å². The molecule has 6 heteroatoms. The fourth-order valence-electron chi connectivity index (χ4n) is 3.89. The minimum Gasteiger partial charge on any atom is -0.373 e. The maximum absolute atomic E-state index is 12.5. The Morgan fingerprint density at radius 3 is 2.65 bits per heavy atom. The minimum atomic E-state index is -0.0533. The molecule has 2 heterocycles. The molecule has 3 rings (SSSR count). The first-order valence-corrected chi connectivity index (χ1v) is 9.57. The molecule has 0 spiro atoms. The largest absolute Gasteiger partial charge is 0.373 e. The third-order valence-electron chi connectivity index (χ3n) is 5.05. The van der Waals surface area contributed by atoms with Crippen molar-refractivity contribution in [2.24, 2.45) is 0 Å². The summed E-state index contributed by atoms with van der Waals surface area (Å²) in [5.41, 5.74) is 2.69. The molecular formula is C20H29N3O3. The maximum atomic E-state index is 12.5. The van der Waals surface area contributed by atoms with Crippen LogP contribution in [0.3, 0.4) is 0 Å². The van der Waals surface area contributed by atoms with Gasteiger partial charge in [0.1, 0.15) is 0 Å². The number of nitrogens with zero attached hydrogens (tertiary/aromatic N) is 2. The monoisotopic (exact) mass is 359 g/mol. The van der Waals surface area contributed by atoms with Crippen LogP contribution >= 0.6 is 0 Å². The second-order valence-electron chi connectivity index (χ2n) is 7.27. The molecule has 2 aliphatic rings. The molecule has 2 aliphatic heterocycles. The molecule has 142 valence electrons. The van der Waals surface area contributed by atoms with Gasteiger partial charge in [0.15, 0.2) is 0 Å². The van der Waals surface area contributed by atoms with Crippen LogP contribution in [0.25, 0.3) is 0 Å². The normalized spacial score (nSPS) is 23.0. The van der Waals surface area contributed by atoms with E-state index in [1.807, 2.05) is 30.0 Å². The van der Waals surface area contributed by atoms with Crippen LogP contribution in [0.4, 0.5) is 5.69 Å². The summed E-state index contributed by atoms with van der Waals surface area (Å²) in [5.74, 6) is 0.0809. The van der Waals surface area contributed by atoms with E-state index in [0.717, 1.165) is 37.3 Å². The van der Waals surface area contributed by atoms with E-state index in [4.69, 9.17) is 4.74 Å². The fourth-order valence-corrected chi connectivity index (χ4v) is 3.89. The number of carbonyl (C=O) groups is 2. The van der Waals surface area contributed by atoms with Gasteiger partial charge in [-0.1, -0.05) is 6.92 Å². The van der Waals surface area contributed by atoms with E-state index in [1.54, 1.807) is 0 Å². The van der Waals surface area contributed by atoms with Gasteiger partial charge in [0.2, 0.25) is 5.91 Å². The number of carbonyl (C=O) groups excluding carboxylic acids is 2. The summed E-state index contributed by atoms with van der Waals surface area (Å²) in [6.45, 7) is 10.00. The second kappa shape index (κ2) is 8.18. The number of anilines is 1. The van der Waals surface area contributed by atoms with E-state index < -0.39 is 0 Å². The van der Waals surface area contributed by atoms with Gasteiger partial charge >= 0.3 is 0 Å². The van der Waals surface area contributed by atoms with Crippen molar-refractivity contribution in [1.82, 2.24) is 10.2 Å². The number of nitrogens with one attached hydrogen (secondary N) is 1. The van der Waals surface area contributed by atoms with Crippen LogP contribution in [-0.2, 0) is 16.0 Å². The quantitative estimate of drug-likeness (QED) is 0.871. The van der Waals surface area contributed by atoms with Crippen LogP contribution in [0.15, 0.2) is 18.2 Å². The summed E-state index contributed by atoms with van der Waals surface area (Å²) in [6.07, 6.45) is 1.78. The average molecular weight is 359 g/mol. The SMILES string of the molecule is CCC(=O)N1CCc2cc(C(=O)NCCN3CC(C)OC(C)C3)ccc21.